The Balaban J connectivity index is 1.53. The first kappa shape index (κ1) is 15.7. The largest absolute Gasteiger partial charge is 0.356 e. The summed E-state index contributed by atoms with van der Waals surface area (Å²) in [6.45, 7) is 8.72. The Kier molecular flexibility index (Phi) is 6.26. The summed E-state index contributed by atoms with van der Waals surface area (Å²) in [5.74, 6) is 0.520. The van der Waals surface area contributed by atoms with Crippen LogP contribution in [-0.2, 0) is 4.79 Å². The molecule has 2 aliphatic rings. The van der Waals surface area contributed by atoms with E-state index in [1.807, 2.05) is 0 Å². The van der Waals surface area contributed by atoms with Crippen LogP contribution in [-0.4, -0.2) is 87.1 Å². The molecule has 2 fully saturated rings. The molecular weight excluding hydrogens is 252 g/mol. The van der Waals surface area contributed by atoms with Crippen molar-refractivity contribution in [2.24, 2.45) is 5.92 Å². The lowest BCUT2D eigenvalue weighted by Crippen LogP contribution is -2.45. The highest BCUT2D eigenvalue weighted by atomic mass is 16.1. The average Bonchev–Trinajstić information content (AvgIpc) is 2.46. The van der Waals surface area contributed by atoms with Gasteiger partial charge in [0.2, 0.25) is 5.91 Å². The number of likely N-dealkylation sites (N-methyl/N-ethyl adjacent to an activating group) is 1. The highest BCUT2D eigenvalue weighted by Crippen LogP contribution is 2.15. The van der Waals surface area contributed by atoms with Gasteiger partial charge in [0, 0.05) is 38.6 Å². The van der Waals surface area contributed by atoms with Gasteiger partial charge in [-0.15, -0.1) is 0 Å². The van der Waals surface area contributed by atoms with E-state index in [9.17, 15) is 4.79 Å². The zero-order valence-electron chi connectivity index (χ0n) is 13.1. The second-order valence-electron chi connectivity index (χ2n) is 6.37. The van der Waals surface area contributed by atoms with Crippen molar-refractivity contribution in [3.8, 4) is 0 Å². The van der Waals surface area contributed by atoms with Crippen molar-refractivity contribution in [2.45, 2.75) is 19.3 Å². The summed E-state index contributed by atoms with van der Waals surface area (Å²) in [6.07, 6.45) is 3.10. The molecule has 0 atom stereocenters. The number of hydrogen-bond donors (Lipinski definition) is 1. The van der Waals surface area contributed by atoms with E-state index in [0.29, 0.717) is 0 Å². The minimum atomic E-state index is 0.245. The molecule has 2 rings (SSSR count). The van der Waals surface area contributed by atoms with E-state index >= 15 is 0 Å². The molecule has 5 nitrogen and oxygen atoms in total. The van der Waals surface area contributed by atoms with Crippen LogP contribution in [0.15, 0.2) is 0 Å². The number of piperidine rings is 1. The minimum absolute atomic E-state index is 0.245. The first-order chi connectivity index (χ1) is 9.65. The monoisotopic (exact) mass is 282 g/mol. The van der Waals surface area contributed by atoms with Gasteiger partial charge in [0.15, 0.2) is 0 Å². The lowest BCUT2D eigenvalue weighted by atomic mass is 9.96. The first-order valence-corrected chi connectivity index (χ1v) is 8.02. The van der Waals surface area contributed by atoms with E-state index in [-0.39, 0.29) is 11.8 Å². The molecule has 2 saturated heterocycles. The maximum absolute atomic E-state index is 12.0. The fourth-order valence-electron chi connectivity index (χ4n) is 3.00. The fraction of sp³-hybridized carbons (Fsp3) is 0.933. The quantitative estimate of drug-likeness (QED) is 0.725. The molecule has 1 N–H and O–H groups in total. The number of carbonyl (C=O) groups excluding carboxylic acids is 1. The number of piperazine rings is 1. The predicted molar refractivity (Wildman–Crippen MR) is 81.8 cm³/mol. The van der Waals surface area contributed by atoms with Crippen molar-refractivity contribution >= 4 is 5.91 Å². The first-order valence-electron chi connectivity index (χ1n) is 8.02. The number of rotatable bonds is 5. The van der Waals surface area contributed by atoms with E-state index in [2.05, 4.69) is 34.1 Å². The van der Waals surface area contributed by atoms with Crippen LogP contribution in [0, 0.1) is 5.92 Å². The fourth-order valence-corrected chi connectivity index (χ4v) is 3.00. The van der Waals surface area contributed by atoms with Crippen LogP contribution in [0.1, 0.15) is 19.3 Å². The summed E-state index contributed by atoms with van der Waals surface area (Å²) in [7, 11) is 4.31. The Labute approximate surface area is 123 Å². The van der Waals surface area contributed by atoms with E-state index in [1.54, 1.807) is 0 Å². The van der Waals surface area contributed by atoms with Crippen LogP contribution in [0.5, 0.6) is 0 Å². The number of carbonyl (C=O) groups is 1. The van der Waals surface area contributed by atoms with Gasteiger partial charge < -0.3 is 20.0 Å². The molecule has 0 unspecified atom stereocenters. The molecule has 0 bridgehead atoms. The molecule has 5 heteroatoms. The lowest BCUT2D eigenvalue weighted by molar-refractivity contribution is -0.126. The van der Waals surface area contributed by atoms with Gasteiger partial charge in [-0.3, -0.25) is 4.79 Å². The van der Waals surface area contributed by atoms with E-state index in [0.717, 1.165) is 45.4 Å². The maximum atomic E-state index is 12.0. The van der Waals surface area contributed by atoms with Gasteiger partial charge in [0.25, 0.3) is 0 Å². The van der Waals surface area contributed by atoms with Crippen molar-refractivity contribution < 1.29 is 4.79 Å². The summed E-state index contributed by atoms with van der Waals surface area (Å²) in [5, 5.41) is 3.12. The minimum Gasteiger partial charge on any atom is -0.356 e. The summed E-state index contributed by atoms with van der Waals surface area (Å²) in [5.41, 5.74) is 0. The molecule has 0 radical (unpaired) electrons. The third-order valence-electron chi connectivity index (χ3n) is 4.64. The SMILES string of the molecule is CN1CCC(C(=O)NCCCN2CCN(C)CC2)CC1. The third kappa shape index (κ3) is 5.04. The van der Waals surface area contributed by atoms with Gasteiger partial charge >= 0.3 is 0 Å². The standard InChI is InChI=1S/C15H30N4O/c1-17-8-4-14(5-9-17)15(20)16-6-3-7-19-12-10-18(2)11-13-19/h14H,3-13H2,1-2H3,(H,16,20). The van der Waals surface area contributed by atoms with Crippen LogP contribution in [0.2, 0.25) is 0 Å². The molecule has 1 amide bonds. The van der Waals surface area contributed by atoms with E-state index in [1.165, 1.54) is 26.2 Å². The molecule has 0 saturated carbocycles. The summed E-state index contributed by atoms with van der Waals surface area (Å²) < 4.78 is 0. The predicted octanol–water partition coefficient (Wildman–Crippen LogP) is 0.0819. The Morgan fingerprint density at radius 2 is 1.60 bits per heavy atom. The zero-order chi connectivity index (χ0) is 14.4. The number of nitrogens with zero attached hydrogens (tertiary/aromatic N) is 3. The lowest BCUT2D eigenvalue weighted by Gasteiger charge is -2.32. The normalized spacial score (nSPS) is 23.9. The Bertz CT molecular complexity index is 294. The highest BCUT2D eigenvalue weighted by Gasteiger charge is 2.22. The average molecular weight is 282 g/mol. The van der Waals surface area contributed by atoms with Crippen molar-refractivity contribution in [1.82, 2.24) is 20.0 Å². The second-order valence-corrected chi connectivity index (χ2v) is 6.37. The van der Waals surface area contributed by atoms with Crippen LogP contribution in [0.4, 0.5) is 0 Å². The Morgan fingerprint density at radius 3 is 2.25 bits per heavy atom. The molecule has 0 aromatic carbocycles. The summed E-state index contributed by atoms with van der Waals surface area (Å²) in [4.78, 5) is 19.2. The number of nitrogens with one attached hydrogen (secondary N) is 1. The highest BCUT2D eigenvalue weighted by molar-refractivity contribution is 5.78. The summed E-state index contributed by atoms with van der Waals surface area (Å²) in [6, 6.07) is 0. The van der Waals surface area contributed by atoms with Gasteiger partial charge in [-0.2, -0.15) is 0 Å². The van der Waals surface area contributed by atoms with Gasteiger partial charge in [0.05, 0.1) is 0 Å². The molecule has 0 aliphatic carbocycles. The van der Waals surface area contributed by atoms with Gasteiger partial charge in [-0.1, -0.05) is 0 Å². The van der Waals surface area contributed by atoms with Crippen LogP contribution in [0.25, 0.3) is 0 Å². The van der Waals surface area contributed by atoms with Crippen LogP contribution < -0.4 is 5.32 Å². The molecule has 2 heterocycles. The molecule has 116 valence electrons. The Hall–Kier alpha value is -0.650. The molecule has 0 aromatic rings. The van der Waals surface area contributed by atoms with Gasteiger partial charge in [0.1, 0.15) is 0 Å². The van der Waals surface area contributed by atoms with E-state index in [4.69, 9.17) is 0 Å². The number of amides is 1. The molecule has 20 heavy (non-hydrogen) atoms. The van der Waals surface area contributed by atoms with Gasteiger partial charge in [-0.25, -0.2) is 0 Å². The molecular formula is C15H30N4O. The van der Waals surface area contributed by atoms with Gasteiger partial charge in [-0.05, 0) is 53.0 Å². The number of likely N-dealkylation sites (tertiary alicyclic amines) is 1. The third-order valence-corrected chi connectivity index (χ3v) is 4.64. The van der Waals surface area contributed by atoms with Crippen molar-refractivity contribution in [3.63, 3.8) is 0 Å². The van der Waals surface area contributed by atoms with Crippen molar-refractivity contribution in [2.75, 3.05) is 66.5 Å². The van der Waals surface area contributed by atoms with Crippen LogP contribution in [0.3, 0.4) is 0 Å². The van der Waals surface area contributed by atoms with Crippen molar-refractivity contribution in [1.29, 1.82) is 0 Å². The molecule has 0 aromatic heterocycles. The molecule has 0 spiro atoms. The smallest absolute Gasteiger partial charge is 0.223 e. The van der Waals surface area contributed by atoms with E-state index < -0.39 is 0 Å². The second kappa shape index (κ2) is 7.96. The number of hydrogen-bond acceptors (Lipinski definition) is 4. The van der Waals surface area contributed by atoms with Crippen molar-refractivity contribution in [3.05, 3.63) is 0 Å². The maximum Gasteiger partial charge on any atom is 0.223 e. The summed E-state index contributed by atoms with van der Waals surface area (Å²) >= 11 is 0. The zero-order valence-corrected chi connectivity index (χ0v) is 13.1. The topological polar surface area (TPSA) is 38.8 Å². The Morgan fingerprint density at radius 1 is 1.00 bits per heavy atom. The van der Waals surface area contributed by atoms with Crippen LogP contribution >= 0.6 is 0 Å². The molecule has 2 aliphatic heterocycles.